The minimum absolute atomic E-state index is 0.00452. The second-order valence-corrected chi connectivity index (χ2v) is 7.16. The summed E-state index contributed by atoms with van der Waals surface area (Å²) in [5.74, 6) is 0.855. The molecular formula is C17H25N3O4. The van der Waals surface area contributed by atoms with Gasteiger partial charge in [-0.2, -0.15) is 0 Å². The molecule has 7 nitrogen and oxygen atoms in total. The van der Waals surface area contributed by atoms with Crippen LogP contribution in [-0.4, -0.2) is 59.0 Å². The molecule has 24 heavy (non-hydrogen) atoms. The van der Waals surface area contributed by atoms with Gasteiger partial charge < -0.3 is 9.26 Å². The van der Waals surface area contributed by atoms with Crippen molar-refractivity contribution in [3.05, 3.63) is 17.5 Å². The van der Waals surface area contributed by atoms with Crippen LogP contribution in [0.4, 0.5) is 0 Å². The molecule has 0 radical (unpaired) electrons. The molecule has 1 aromatic rings. The molecular weight excluding hydrogens is 310 g/mol. The zero-order chi connectivity index (χ0) is 16.6. The van der Waals surface area contributed by atoms with E-state index in [1.54, 1.807) is 0 Å². The van der Waals surface area contributed by atoms with Crippen LogP contribution in [0, 0.1) is 6.92 Å². The van der Waals surface area contributed by atoms with Crippen molar-refractivity contribution in [3.63, 3.8) is 0 Å². The summed E-state index contributed by atoms with van der Waals surface area (Å²) in [5, 5.41) is 5.56. The largest absolute Gasteiger partial charge is 0.362 e. The Labute approximate surface area is 141 Å². The fourth-order valence-electron chi connectivity index (χ4n) is 3.98. The molecule has 0 N–H and O–H groups in total. The predicted octanol–water partition coefficient (Wildman–Crippen LogP) is 1.66. The maximum Gasteiger partial charge on any atom is 0.275 e. The van der Waals surface area contributed by atoms with Gasteiger partial charge in [-0.3, -0.25) is 14.5 Å². The highest BCUT2D eigenvalue weighted by atomic mass is 16.7. The molecule has 0 bridgehead atoms. The van der Waals surface area contributed by atoms with Crippen LogP contribution in [0.2, 0.25) is 0 Å². The molecule has 1 atom stereocenters. The normalized spacial score (nSPS) is 27.2. The Morgan fingerprint density at radius 2 is 2.17 bits per heavy atom. The quantitative estimate of drug-likeness (QED) is 0.837. The lowest BCUT2D eigenvalue weighted by atomic mass is 9.88. The maximum absolute atomic E-state index is 12.4. The van der Waals surface area contributed by atoms with Gasteiger partial charge >= 0.3 is 0 Å². The Morgan fingerprint density at radius 1 is 1.33 bits per heavy atom. The Hall–Kier alpha value is -1.44. The van der Waals surface area contributed by atoms with Gasteiger partial charge in [0.1, 0.15) is 11.9 Å². The van der Waals surface area contributed by atoms with Crippen LogP contribution >= 0.6 is 0 Å². The summed E-state index contributed by atoms with van der Waals surface area (Å²) in [7, 11) is 0. The Morgan fingerprint density at radius 3 is 2.83 bits per heavy atom. The van der Waals surface area contributed by atoms with Crippen molar-refractivity contribution in [2.24, 2.45) is 0 Å². The van der Waals surface area contributed by atoms with E-state index < -0.39 is 0 Å². The summed E-state index contributed by atoms with van der Waals surface area (Å²) in [5.41, 5.74) is 0.853. The van der Waals surface area contributed by atoms with Crippen molar-refractivity contribution < 1.29 is 18.9 Å². The van der Waals surface area contributed by atoms with E-state index in [9.17, 15) is 4.79 Å². The number of aryl methyl sites for hydroxylation is 1. The standard InChI is InChI=1S/C17H25N3O4/c1-13-11-14(18-24-13)12-19-8-5-17(6-9-19)4-3-15(23-17)16(21)20-7-2-10-22-20/h11,15H,2-10,12H2,1H3/t15-/m1/s1. The first-order chi connectivity index (χ1) is 11.6. The lowest BCUT2D eigenvalue weighted by Gasteiger charge is -2.38. The number of aromatic nitrogens is 1. The molecule has 0 saturated carbocycles. The molecule has 3 aliphatic heterocycles. The molecule has 132 valence electrons. The second kappa shape index (κ2) is 6.46. The van der Waals surface area contributed by atoms with Crippen LogP contribution < -0.4 is 0 Å². The third kappa shape index (κ3) is 3.20. The summed E-state index contributed by atoms with van der Waals surface area (Å²) in [4.78, 5) is 20.2. The van der Waals surface area contributed by atoms with E-state index in [-0.39, 0.29) is 17.6 Å². The maximum atomic E-state index is 12.4. The van der Waals surface area contributed by atoms with Gasteiger partial charge in [0.2, 0.25) is 0 Å². The molecule has 0 aromatic carbocycles. The summed E-state index contributed by atoms with van der Waals surface area (Å²) < 4.78 is 11.4. The van der Waals surface area contributed by atoms with Crippen LogP contribution in [0.1, 0.15) is 43.6 Å². The molecule has 0 aliphatic carbocycles. The number of carbonyl (C=O) groups excluding carboxylic acids is 1. The number of hydrogen-bond donors (Lipinski definition) is 0. The lowest BCUT2D eigenvalue weighted by Crippen LogP contribution is -2.45. The number of hydroxylamine groups is 2. The topological polar surface area (TPSA) is 68.0 Å². The van der Waals surface area contributed by atoms with Gasteiger partial charge in [-0.1, -0.05) is 5.16 Å². The van der Waals surface area contributed by atoms with Crippen LogP contribution in [0.15, 0.2) is 10.6 Å². The van der Waals surface area contributed by atoms with Crippen LogP contribution in [-0.2, 0) is 20.9 Å². The average Bonchev–Trinajstić information content (AvgIpc) is 3.31. The van der Waals surface area contributed by atoms with Crippen LogP contribution in [0.5, 0.6) is 0 Å². The number of rotatable bonds is 3. The summed E-state index contributed by atoms with van der Waals surface area (Å²) in [6, 6.07) is 1.99. The number of likely N-dealkylation sites (tertiary alicyclic amines) is 1. The number of piperidine rings is 1. The van der Waals surface area contributed by atoms with Crippen molar-refractivity contribution in [2.75, 3.05) is 26.2 Å². The number of hydrogen-bond acceptors (Lipinski definition) is 6. The Kier molecular flexibility index (Phi) is 4.32. The molecule has 3 fully saturated rings. The first kappa shape index (κ1) is 16.1. The summed E-state index contributed by atoms with van der Waals surface area (Å²) >= 11 is 0. The van der Waals surface area contributed by atoms with Crippen LogP contribution in [0.25, 0.3) is 0 Å². The minimum Gasteiger partial charge on any atom is -0.362 e. The fraction of sp³-hybridized carbons (Fsp3) is 0.765. The molecule has 1 spiro atoms. The van der Waals surface area contributed by atoms with E-state index in [2.05, 4.69) is 10.1 Å². The third-order valence-corrected chi connectivity index (χ3v) is 5.36. The van der Waals surface area contributed by atoms with E-state index in [4.69, 9.17) is 14.1 Å². The zero-order valence-corrected chi connectivity index (χ0v) is 14.2. The van der Waals surface area contributed by atoms with Crippen molar-refractivity contribution in [1.82, 2.24) is 15.1 Å². The molecule has 1 amide bonds. The highest BCUT2D eigenvalue weighted by molar-refractivity contribution is 5.80. The smallest absolute Gasteiger partial charge is 0.275 e. The van der Waals surface area contributed by atoms with Gasteiger partial charge in [-0.05, 0) is 39.0 Å². The van der Waals surface area contributed by atoms with Crippen molar-refractivity contribution in [3.8, 4) is 0 Å². The lowest BCUT2D eigenvalue weighted by molar-refractivity contribution is -0.185. The van der Waals surface area contributed by atoms with Gasteiger partial charge in [0.15, 0.2) is 0 Å². The highest BCUT2D eigenvalue weighted by Crippen LogP contribution is 2.39. The Bertz CT molecular complexity index is 588. The van der Waals surface area contributed by atoms with Gasteiger partial charge in [0, 0.05) is 25.7 Å². The first-order valence-corrected chi connectivity index (χ1v) is 8.90. The molecule has 3 saturated heterocycles. The minimum atomic E-state index is -0.326. The van der Waals surface area contributed by atoms with Gasteiger partial charge in [-0.15, -0.1) is 0 Å². The van der Waals surface area contributed by atoms with E-state index in [1.807, 2.05) is 13.0 Å². The number of nitrogens with zero attached hydrogens (tertiary/aromatic N) is 3. The number of carbonyl (C=O) groups is 1. The SMILES string of the molecule is Cc1cc(CN2CCC3(CC[C@H](C(=O)N4CCCO4)O3)CC2)no1. The fourth-order valence-corrected chi connectivity index (χ4v) is 3.98. The Balaban J connectivity index is 1.29. The molecule has 4 rings (SSSR count). The van der Waals surface area contributed by atoms with Crippen molar-refractivity contribution >= 4 is 5.91 Å². The second-order valence-electron chi connectivity index (χ2n) is 7.16. The third-order valence-electron chi connectivity index (χ3n) is 5.36. The number of amides is 1. The number of ether oxygens (including phenoxy) is 1. The van der Waals surface area contributed by atoms with Gasteiger partial charge in [-0.25, -0.2) is 5.06 Å². The average molecular weight is 335 g/mol. The van der Waals surface area contributed by atoms with Gasteiger partial charge in [0.25, 0.3) is 5.91 Å². The predicted molar refractivity (Wildman–Crippen MR) is 84.9 cm³/mol. The molecule has 3 aliphatic rings. The van der Waals surface area contributed by atoms with Crippen molar-refractivity contribution in [1.29, 1.82) is 0 Å². The van der Waals surface area contributed by atoms with Gasteiger partial charge in [0.05, 0.1) is 24.4 Å². The molecule has 0 unspecified atom stereocenters. The molecule has 1 aromatic heterocycles. The van der Waals surface area contributed by atoms with E-state index in [0.29, 0.717) is 13.2 Å². The highest BCUT2D eigenvalue weighted by Gasteiger charge is 2.46. The summed E-state index contributed by atoms with van der Waals surface area (Å²) in [6.07, 6.45) is 4.30. The monoisotopic (exact) mass is 335 g/mol. The molecule has 7 heteroatoms. The van der Waals surface area contributed by atoms with E-state index in [1.165, 1.54) is 5.06 Å². The zero-order valence-electron chi connectivity index (χ0n) is 14.2. The first-order valence-electron chi connectivity index (χ1n) is 8.90. The van der Waals surface area contributed by atoms with E-state index >= 15 is 0 Å². The molecule has 4 heterocycles. The van der Waals surface area contributed by atoms with E-state index in [0.717, 1.165) is 63.2 Å². The van der Waals surface area contributed by atoms with Crippen molar-refractivity contribution in [2.45, 2.75) is 57.3 Å². The van der Waals surface area contributed by atoms with Crippen LogP contribution in [0.3, 0.4) is 0 Å². The summed E-state index contributed by atoms with van der Waals surface area (Å²) in [6.45, 7) is 5.99.